The third kappa shape index (κ3) is 4.88. The van der Waals surface area contributed by atoms with Crippen molar-refractivity contribution in [1.82, 2.24) is 5.32 Å². The van der Waals surface area contributed by atoms with Crippen molar-refractivity contribution >= 4 is 52.5 Å². The maximum atomic E-state index is 13.1. The summed E-state index contributed by atoms with van der Waals surface area (Å²) in [5.41, 5.74) is 1.98. The molecule has 0 spiro atoms. The second kappa shape index (κ2) is 9.65. The van der Waals surface area contributed by atoms with Gasteiger partial charge in [-0.25, -0.2) is 0 Å². The summed E-state index contributed by atoms with van der Waals surface area (Å²) < 4.78 is 11.1. The number of thiocarbonyl (C=S) groups is 1. The Bertz CT molecular complexity index is 1120. The van der Waals surface area contributed by atoms with Gasteiger partial charge in [0, 0.05) is 0 Å². The maximum absolute atomic E-state index is 13.1. The number of rotatable bonds is 6. The Balaban J connectivity index is 2.02. The summed E-state index contributed by atoms with van der Waals surface area (Å²) in [5.74, 6) is 1.88. The number of carbonyl (C=O) groups excluding carboxylic acids is 2. The fourth-order valence-electron chi connectivity index (χ4n) is 2.94. The van der Waals surface area contributed by atoms with Gasteiger partial charge in [-0.2, -0.15) is 0 Å². The van der Waals surface area contributed by atoms with Gasteiger partial charge in [-0.1, -0.05) is 35.2 Å². The first-order chi connectivity index (χ1) is 14.8. The number of hydrogen-bond acceptors (Lipinski definition) is 5. The predicted molar refractivity (Wildman–Crippen MR) is 124 cm³/mol. The molecule has 0 atom stereocenters. The molecule has 0 bridgehead atoms. The zero-order valence-corrected chi connectivity index (χ0v) is 18.5. The molecule has 6 nitrogen and oxygen atoms in total. The van der Waals surface area contributed by atoms with Crippen molar-refractivity contribution in [3.63, 3.8) is 0 Å². The summed E-state index contributed by atoms with van der Waals surface area (Å²) in [4.78, 5) is 26.9. The summed E-state index contributed by atoms with van der Waals surface area (Å²) in [6, 6.07) is 10.4. The summed E-state index contributed by atoms with van der Waals surface area (Å²) >= 11 is 11.6. The van der Waals surface area contributed by atoms with Crippen LogP contribution in [0.25, 0.3) is 6.08 Å². The van der Waals surface area contributed by atoms with Crippen LogP contribution in [0, 0.1) is 19.3 Å². The molecule has 2 aromatic rings. The Morgan fingerprint density at radius 1 is 1.23 bits per heavy atom. The van der Waals surface area contributed by atoms with Gasteiger partial charge in [-0.3, -0.25) is 19.8 Å². The molecule has 0 unspecified atom stereocenters. The number of carbonyl (C=O) groups is 2. The maximum Gasteiger partial charge on any atom is 0.270 e. The van der Waals surface area contributed by atoms with Gasteiger partial charge in [0.1, 0.15) is 12.2 Å². The van der Waals surface area contributed by atoms with E-state index in [-0.39, 0.29) is 22.3 Å². The Hall–Kier alpha value is -3.34. The van der Waals surface area contributed by atoms with Crippen LogP contribution >= 0.6 is 23.8 Å². The molecule has 1 heterocycles. The molecular formula is C23H19ClN2O4S. The van der Waals surface area contributed by atoms with Crippen LogP contribution in [0.5, 0.6) is 11.5 Å². The third-order valence-corrected chi connectivity index (χ3v) is 4.90. The molecule has 0 aliphatic carbocycles. The quantitative estimate of drug-likeness (QED) is 0.310. The highest BCUT2D eigenvalue weighted by Gasteiger charge is 2.34. The number of halogens is 1. The van der Waals surface area contributed by atoms with Crippen molar-refractivity contribution in [2.24, 2.45) is 0 Å². The van der Waals surface area contributed by atoms with Crippen LogP contribution in [0.1, 0.15) is 18.1 Å². The normalized spacial score (nSPS) is 15.0. The van der Waals surface area contributed by atoms with E-state index in [1.165, 1.54) is 11.0 Å². The van der Waals surface area contributed by atoms with Gasteiger partial charge in [0.25, 0.3) is 11.8 Å². The van der Waals surface area contributed by atoms with Crippen LogP contribution in [0.3, 0.4) is 0 Å². The minimum absolute atomic E-state index is 0.0158. The highest BCUT2D eigenvalue weighted by Crippen LogP contribution is 2.37. The summed E-state index contributed by atoms with van der Waals surface area (Å²) in [7, 11) is 0. The minimum Gasteiger partial charge on any atom is -0.490 e. The molecule has 1 aliphatic rings. The molecule has 1 N–H and O–H groups in total. The van der Waals surface area contributed by atoms with Crippen LogP contribution in [0.2, 0.25) is 5.02 Å². The van der Waals surface area contributed by atoms with Gasteiger partial charge in [0.2, 0.25) is 0 Å². The standard InChI is InChI=1S/C23H19ClN2O4S/c1-4-10-30-20-18(24)12-15(13-19(20)29-5-2)11-17-21(27)25-23(31)26(22(17)28)16-8-6-14(3)7-9-16/h1,6-9,11-13H,5,10H2,2-3H3,(H,25,27,31)/b17-11+. The predicted octanol–water partition coefficient (Wildman–Crippen LogP) is 3.89. The van der Waals surface area contributed by atoms with E-state index in [2.05, 4.69) is 11.2 Å². The molecule has 1 saturated heterocycles. The fraction of sp³-hybridized carbons (Fsp3) is 0.174. The van der Waals surface area contributed by atoms with Crippen LogP contribution in [-0.4, -0.2) is 30.1 Å². The van der Waals surface area contributed by atoms with Crippen LogP contribution in [0.4, 0.5) is 5.69 Å². The molecule has 0 radical (unpaired) electrons. The van der Waals surface area contributed by atoms with E-state index in [0.29, 0.717) is 29.4 Å². The van der Waals surface area contributed by atoms with E-state index in [9.17, 15) is 9.59 Å². The lowest BCUT2D eigenvalue weighted by atomic mass is 10.1. The summed E-state index contributed by atoms with van der Waals surface area (Å²) in [6.07, 6.45) is 6.68. The van der Waals surface area contributed by atoms with E-state index < -0.39 is 11.8 Å². The van der Waals surface area contributed by atoms with Crippen molar-refractivity contribution in [3.8, 4) is 23.8 Å². The molecule has 0 saturated carbocycles. The molecule has 2 aromatic carbocycles. The van der Waals surface area contributed by atoms with Crippen LogP contribution in [0.15, 0.2) is 42.0 Å². The van der Waals surface area contributed by atoms with Crippen LogP contribution in [-0.2, 0) is 9.59 Å². The van der Waals surface area contributed by atoms with Gasteiger partial charge >= 0.3 is 0 Å². The minimum atomic E-state index is -0.597. The molecule has 2 amide bonds. The fourth-order valence-corrected chi connectivity index (χ4v) is 3.50. The zero-order valence-electron chi connectivity index (χ0n) is 16.9. The number of terminal acetylenes is 1. The lowest BCUT2D eigenvalue weighted by Gasteiger charge is -2.29. The Kier molecular flexibility index (Phi) is 6.95. The highest BCUT2D eigenvalue weighted by atomic mass is 35.5. The van der Waals surface area contributed by atoms with E-state index in [0.717, 1.165) is 5.56 Å². The first-order valence-corrected chi connectivity index (χ1v) is 10.1. The molecule has 0 aromatic heterocycles. The van der Waals surface area contributed by atoms with Gasteiger partial charge in [-0.15, -0.1) is 6.42 Å². The average Bonchev–Trinajstić information content (AvgIpc) is 2.72. The van der Waals surface area contributed by atoms with E-state index in [4.69, 9.17) is 39.7 Å². The topological polar surface area (TPSA) is 67.9 Å². The number of benzene rings is 2. The first kappa shape index (κ1) is 22.3. The smallest absolute Gasteiger partial charge is 0.270 e. The lowest BCUT2D eigenvalue weighted by Crippen LogP contribution is -2.54. The molecule has 8 heteroatoms. The number of anilines is 1. The van der Waals surface area contributed by atoms with E-state index >= 15 is 0 Å². The molecule has 31 heavy (non-hydrogen) atoms. The Labute approximate surface area is 190 Å². The van der Waals surface area contributed by atoms with Crippen molar-refractivity contribution < 1.29 is 19.1 Å². The third-order valence-electron chi connectivity index (χ3n) is 4.34. The SMILES string of the molecule is C#CCOc1c(Cl)cc(/C=C2\C(=O)NC(=S)N(c3ccc(C)cc3)C2=O)cc1OCC. The summed E-state index contributed by atoms with van der Waals surface area (Å²) in [6.45, 7) is 4.12. The van der Waals surface area contributed by atoms with Crippen molar-refractivity contribution in [2.75, 3.05) is 18.1 Å². The van der Waals surface area contributed by atoms with Gasteiger partial charge in [0.15, 0.2) is 16.6 Å². The molecule has 3 rings (SSSR count). The first-order valence-electron chi connectivity index (χ1n) is 9.36. The van der Waals surface area contributed by atoms with Gasteiger partial charge in [-0.05, 0) is 62.0 Å². The van der Waals surface area contributed by atoms with Gasteiger partial charge in [0.05, 0.1) is 17.3 Å². The molecule has 1 fully saturated rings. The van der Waals surface area contributed by atoms with Crippen molar-refractivity contribution in [3.05, 3.63) is 58.1 Å². The number of aryl methyl sites for hydroxylation is 1. The molecule has 158 valence electrons. The van der Waals surface area contributed by atoms with Crippen molar-refractivity contribution in [2.45, 2.75) is 13.8 Å². The number of nitrogens with one attached hydrogen (secondary N) is 1. The number of nitrogens with zero attached hydrogens (tertiary/aromatic N) is 1. The summed E-state index contributed by atoms with van der Waals surface area (Å²) in [5, 5.41) is 2.81. The largest absolute Gasteiger partial charge is 0.490 e. The second-order valence-corrected chi connectivity index (χ2v) is 7.34. The molecule has 1 aliphatic heterocycles. The van der Waals surface area contributed by atoms with Crippen LogP contribution < -0.4 is 19.7 Å². The van der Waals surface area contributed by atoms with Gasteiger partial charge < -0.3 is 9.47 Å². The number of hydrogen-bond donors (Lipinski definition) is 1. The Morgan fingerprint density at radius 3 is 2.58 bits per heavy atom. The average molecular weight is 455 g/mol. The zero-order chi connectivity index (χ0) is 22.5. The molecular weight excluding hydrogens is 436 g/mol. The number of ether oxygens (including phenoxy) is 2. The van der Waals surface area contributed by atoms with Crippen molar-refractivity contribution in [1.29, 1.82) is 0 Å². The Morgan fingerprint density at radius 2 is 1.94 bits per heavy atom. The van der Waals surface area contributed by atoms with E-state index in [1.54, 1.807) is 24.3 Å². The monoisotopic (exact) mass is 454 g/mol. The second-order valence-electron chi connectivity index (χ2n) is 6.55. The lowest BCUT2D eigenvalue weighted by molar-refractivity contribution is -0.122. The number of amides is 2. The highest BCUT2D eigenvalue weighted by molar-refractivity contribution is 7.80. The van der Waals surface area contributed by atoms with E-state index in [1.807, 2.05) is 26.0 Å².